The zero-order valence-electron chi connectivity index (χ0n) is 11.7. The molecule has 1 aromatic rings. The maximum Gasteiger partial charge on any atom is 0.333 e. The van der Waals surface area contributed by atoms with Gasteiger partial charge in [0.1, 0.15) is 12.2 Å². The van der Waals surface area contributed by atoms with E-state index in [2.05, 4.69) is 5.32 Å². The molecule has 0 atom stereocenters. The van der Waals surface area contributed by atoms with Crippen LogP contribution >= 0.6 is 0 Å². The van der Waals surface area contributed by atoms with Gasteiger partial charge in [0.05, 0.1) is 17.6 Å². The number of esters is 1. The molecule has 0 unspecified atom stereocenters. The van der Waals surface area contributed by atoms with E-state index in [-0.39, 0.29) is 36.4 Å². The Kier molecular flexibility index (Phi) is 5.76. The summed E-state index contributed by atoms with van der Waals surface area (Å²) in [6.07, 6.45) is -0.186. The number of nitrogens with zero attached hydrogens (tertiary/aromatic N) is 1. The standard InChI is InChI=1S/C13H18N2O5/c1-4-19-12(16)8-14-10-6-5-7-11(20-9(2)3)13(10)15(17)18/h5-7,9,14H,4,8H2,1-3H3. The number of nitro benzene ring substituents is 1. The normalized spacial score (nSPS) is 10.2. The van der Waals surface area contributed by atoms with Crippen LogP contribution in [0.15, 0.2) is 18.2 Å². The first-order chi connectivity index (χ1) is 9.45. The molecule has 0 amide bonds. The molecule has 0 heterocycles. The monoisotopic (exact) mass is 282 g/mol. The largest absolute Gasteiger partial charge is 0.484 e. The maximum absolute atomic E-state index is 11.3. The van der Waals surface area contributed by atoms with Crippen molar-refractivity contribution in [3.63, 3.8) is 0 Å². The molecule has 0 bridgehead atoms. The summed E-state index contributed by atoms with van der Waals surface area (Å²) in [7, 11) is 0. The van der Waals surface area contributed by atoms with Crippen LogP contribution in [0.25, 0.3) is 0 Å². The third kappa shape index (κ3) is 4.42. The van der Waals surface area contributed by atoms with Gasteiger partial charge in [-0.15, -0.1) is 0 Å². The molecule has 110 valence electrons. The second kappa shape index (κ2) is 7.32. The number of nitrogens with one attached hydrogen (secondary N) is 1. The van der Waals surface area contributed by atoms with Crippen molar-refractivity contribution in [2.24, 2.45) is 0 Å². The number of rotatable bonds is 7. The number of anilines is 1. The lowest BCUT2D eigenvalue weighted by molar-refractivity contribution is -0.385. The van der Waals surface area contributed by atoms with E-state index in [0.717, 1.165) is 0 Å². The molecule has 0 saturated heterocycles. The average molecular weight is 282 g/mol. The average Bonchev–Trinajstić information content (AvgIpc) is 2.35. The van der Waals surface area contributed by atoms with Gasteiger partial charge >= 0.3 is 11.7 Å². The minimum absolute atomic E-state index is 0.139. The van der Waals surface area contributed by atoms with E-state index < -0.39 is 10.9 Å². The fourth-order valence-corrected chi connectivity index (χ4v) is 1.58. The van der Waals surface area contributed by atoms with Gasteiger partial charge in [0.15, 0.2) is 5.75 Å². The lowest BCUT2D eigenvalue weighted by atomic mass is 10.2. The predicted octanol–water partition coefficient (Wildman–Crippen LogP) is 2.36. The highest BCUT2D eigenvalue weighted by molar-refractivity contribution is 5.78. The van der Waals surface area contributed by atoms with E-state index in [0.29, 0.717) is 0 Å². The first kappa shape index (κ1) is 15.7. The lowest BCUT2D eigenvalue weighted by Crippen LogP contribution is -2.17. The van der Waals surface area contributed by atoms with Crippen molar-refractivity contribution in [1.82, 2.24) is 0 Å². The van der Waals surface area contributed by atoms with Crippen LogP contribution < -0.4 is 10.1 Å². The summed E-state index contributed by atoms with van der Waals surface area (Å²) >= 11 is 0. The summed E-state index contributed by atoms with van der Waals surface area (Å²) in [6, 6.07) is 4.66. The third-order valence-corrected chi connectivity index (χ3v) is 2.27. The van der Waals surface area contributed by atoms with Gasteiger partial charge in [-0.1, -0.05) is 6.07 Å². The summed E-state index contributed by atoms with van der Waals surface area (Å²) in [6.45, 7) is 5.38. The Labute approximate surface area is 117 Å². The molecule has 20 heavy (non-hydrogen) atoms. The van der Waals surface area contributed by atoms with Crippen LogP contribution in [0, 0.1) is 10.1 Å². The fraction of sp³-hybridized carbons (Fsp3) is 0.462. The van der Waals surface area contributed by atoms with Gasteiger partial charge in [-0.25, -0.2) is 0 Å². The summed E-state index contributed by atoms with van der Waals surface area (Å²) < 4.78 is 10.2. The number of hydrogen-bond donors (Lipinski definition) is 1. The van der Waals surface area contributed by atoms with Gasteiger partial charge in [-0.05, 0) is 32.9 Å². The SMILES string of the molecule is CCOC(=O)CNc1cccc(OC(C)C)c1[N+](=O)[O-]. The van der Waals surface area contributed by atoms with E-state index in [9.17, 15) is 14.9 Å². The number of ether oxygens (including phenoxy) is 2. The Balaban J connectivity index is 2.94. The molecule has 0 aliphatic carbocycles. The molecule has 0 fully saturated rings. The van der Waals surface area contributed by atoms with E-state index in [4.69, 9.17) is 9.47 Å². The van der Waals surface area contributed by atoms with Crippen LogP contribution in [0.3, 0.4) is 0 Å². The summed E-state index contributed by atoms with van der Waals surface area (Å²) in [4.78, 5) is 21.9. The highest BCUT2D eigenvalue weighted by Crippen LogP contribution is 2.35. The van der Waals surface area contributed by atoms with Gasteiger partial charge in [-0.3, -0.25) is 14.9 Å². The lowest BCUT2D eigenvalue weighted by Gasteiger charge is -2.12. The van der Waals surface area contributed by atoms with Crippen LogP contribution in [0.5, 0.6) is 5.75 Å². The third-order valence-electron chi connectivity index (χ3n) is 2.27. The molecule has 1 rings (SSSR count). The smallest absolute Gasteiger partial charge is 0.333 e. The molecule has 0 aliphatic rings. The van der Waals surface area contributed by atoms with E-state index >= 15 is 0 Å². The summed E-state index contributed by atoms with van der Waals surface area (Å²) in [5.41, 5.74) is 0.0340. The van der Waals surface area contributed by atoms with E-state index in [1.165, 1.54) is 12.1 Å². The number of carbonyl (C=O) groups excluding carboxylic acids is 1. The van der Waals surface area contributed by atoms with Crippen LogP contribution in [-0.4, -0.2) is 30.1 Å². The molecule has 0 aliphatic heterocycles. The topological polar surface area (TPSA) is 90.7 Å². The van der Waals surface area contributed by atoms with Crippen molar-refractivity contribution in [3.05, 3.63) is 28.3 Å². The summed E-state index contributed by atoms with van der Waals surface area (Å²) in [5, 5.41) is 13.9. The second-order valence-electron chi connectivity index (χ2n) is 4.23. The zero-order chi connectivity index (χ0) is 15.1. The Hall–Kier alpha value is -2.31. The van der Waals surface area contributed by atoms with E-state index in [1.54, 1.807) is 26.8 Å². The first-order valence-corrected chi connectivity index (χ1v) is 6.29. The molecule has 0 aromatic heterocycles. The Morgan fingerprint density at radius 1 is 1.45 bits per heavy atom. The number of carbonyl (C=O) groups is 1. The van der Waals surface area contributed by atoms with Gasteiger partial charge in [0, 0.05) is 0 Å². The van der Waals surface area contributed by atoms with Crippen molar-refractivity contribution in [2.45, 2.75) is 26.9 Å². The molecule has 7 nitrogen and oxygen atoms in total. The van der Waals surface area contributed by atoms with Crippen molar-refractivity contribution < 1.29 is 19.2 Å². The van der Waals surface area contributed by atoms with Crippen LogP contribution in [0.1, 0.15) is 20.8 Å². The molecular formula is C13H18N2O5. The van der Waals surface area contributed by atoms with Crippen molar-refractivity contribution in [1.29, 1.82) is 0 Å². The van der Waals surface area contributed by atoms with Crippen LogP contribution in [0.2, 0.25) is 0 Å². The zero-order valence-corrected chi connectivity index (χ0v) is 11.7. The predicted molar refractivity (Wildman–Crippen MR) is 74.0 cm³/mol. The number of para-hydroxylation sites is 1. The van der Waals surface area contributed by atoms with Crippen molar-refractivity contribution >= 4 is 17.3 Å². The highest BCUT2D eigenvalue weighted by Gasteiger charge is 2.22. The van der Waals surface area contributed by atoms with Gasteiger partial charge in [-0.2, -0.15) is 0 Å². The molecule has 1 N–H and O–H groups in total. The maximum atomic E-state index is 11.3. The molecule has 1 aromatic carbocycles. The summed E-state index contributed by atoms with van der Waals surface area (Å²) in [5.74, 6) is -0.309. The Bertz CT molecular complexity index is 488. The van der Waals surface area contributed by atoms with E-state index in [1.807, 2.05) is 0 Å². The molecule has 0 spiro atoms. The van der Waals surface area contributed by atoms with Crippen LogP contribution in [-0.2, 0) is 9.53 Å². The quantitative estimate of drug-likeness (QED) is 0.469. The second-order valence-corrected chi connectivity index (χ2v) is 4.23. The minimum Gasteiger partial charge on any atom is -0.484 e. The minimum atomic E-state index is -0.537. The Morgan fingerprint density at radius 3 is 2.70 bits per heavy atom. The number of benzene rings is 1. The Morgan fingerprint density at radius 2 is 2.15 bits per heavy atom. The first-order valence-electron chi connectivity index (χ1n) is 6.29. The number of hydrogen-bond acceptors (Lipinski definition) is 6. The van der Waals surface area contributed by atoms with Gasteiger partial charge in [0.25, 0.3) is 0 Å². The van der Waals surface area contributed by atoms with Crippen molar-refractivity contribution in [2.75, 3.05) is 18.5 Å². The fourth-order valence-electron chi connectivity index (χ4n) is 1.58. The van der Waals surface area contributed by atoms with Gasteiger partial charge in [0.2, 0.25) is 0 Å². The molecule has 0 saturated carbocycles. The molecule has 7 heteroatoms. The molecule has 0 radical (unpaired) electrons. The number of nitro groups is 1. The van der Waals surface area contributed by atoms with Crippen molar-refractivity contribution in [3.8, 4) is 5.75 Å². The molecular weight excluding hydrogens is 264 g/mol. The van der Waals surface area contributed by atoms with Crippen LogP contribution in [0.4, 0.5) is 11.4 Å². The van der Waals surface area contributed by atoms with Gasteiger partial charge < -0.3 is 14.8 Å². The highest BCUT2D eigenvalue weighted by atomic mass is 16.6.